The molecule has 0 unspecified atom stereocenters. The number of carboxylic acid groups (broad SMARTS) is 1. The summed E-state index contributed by atoms with van der Waals surface area (Å²) in [6.45, 7) is -1.60. The van der Waals surface area contributed by atoms with Gasteiger partial charge in [-0.3, -0.25) is 9.48 Å². The second-order valence-electron chi connectivity index (χ2n) is 8.02. The molecular formula is C24H19F6N3O4. The third-order valence-corrected chi connectivity index (χ3v) is 5.25. The van der Waals surface area contributed by atoms with Crippen molar-refractivity contribution in [3.8, 4) is 22.8 Å². The van der Waals surface area contributed by atoms with Gasteiger partial charge in [0.1, 0.15) is 24.6 Å². The largest absolute Gasteiger partial charge is 0.573 e. The van der Waals surface area contributed by atoms with E-state index in [1.807, 2.05) is 0 Å². The highest BCUT2D eigenvalue weighted by atomic mass is 19.4. The van der Waals surface area contributed by atoms with E-state index in [9.17, 15) is 31.1 Å². The number of carbonyl (C=O) groups is 1. The summed E-state index contributed by atoms with van der Waals surface area (Å²) in [5, 5.41) is 13.8. The van der Waals surface area contributed by atoms with E-state index >= 15 is 0 Å². The molecule has 0 spiro atoms. The lowest BCUT2D eigenvalue weighted by Crippen LogP contribution is -2.21. The molecular weight excluding hydrogens is 508 g/mol. The number of aliphatic carboxylic acids is 1. The highest BCUT2D eigenvalue weighted by Gasteiger charge is 2.31. The molecule has 1 N–H and O–H groups in total. The lowest BCUT2D eigenvalue weighted by atomic mass is 10.1. The summed E-state index contributed by atoms with van der Waals surface area (Å²) in [6, 6.07) is 12.8. The number of hydrogen-bond donors (Lipinski definition) is 1. The van der Waals surface area contributed by atoms with Gasteiger partial charge in [-0.2, -0.15) is 18.3 Å². The summed E-state index contributed by atoms with van der Waals surface area (Å²) in [4.78, 5) is 11.0. The molecule has 0 radical (unpaired) electrons. The lowest BCUT2D eigenvalue weighted by molar-refractivity contribution is -0.274. The average Bonchev–Trinajstić information content (AvgIpc) is 3.35. The molecule has 37 heavy (non-hydrogen) atoms. The smallest absolute Gasteiger partial charge is 0.493 e. The summed E-state index contributed by atoms with van der Waals surface area (Å²) in [7, 11) is 0. The van der Waals surface area contributed by atoms with E-state index in [1.165, 1.54) is 22.8 Å². The van der Waals surface area contributed by atoms with Crippen molar-refractivity contribution in [3.63, 3.8) is 0 Å². The Morgan fingerprint density at radius 2 is 1.65 bits per heavy atom. The first-order chi connectivity index (χ1) is 17.4. The molecule has 0 saturated heterocycles. The van der Waals surface area contributed by atoms with E-state index in [0.29, 0.717) is 16.8 Å². The van der Waals surface area contributed by atoms with Crippen LogP contribution < -0.4 is 9.47 Å². The molecule has 4 aromatic rings. The van der Waals surface area contributed by atoms with Gasteiger partial charge in [0.05, 0.1) is 17.8 Å². The Bertz CT molecular complexity index is 1390. The van der Waals surface area contributed by atoms with E-state index in [0.717, 1.165) is 22.2 Å². The maximum absolute atomic E-state index is 13.1. The number of fused-ring (bicyclic) bond motifs is 1. The van der Waals surface area contributed by atoms with Gasteiger partial charge < -0.3 is 19.1 Å². The van der Waals surface area contributed by atoms with Crippen molar-refractivity contribution in [1.29, 1.82) is 0 Å². The second kappa shape index (κ2) is 10.1. The number of aromatic nitrogens is 3. The molecule has 0 amide bonds. The Hall–Kier alpha value is -4.16. The topological polar surface area (TPSA) is 78.5 Å². The van der Waals surface area contributed by atoms with E-state index in [-0.39, 0.29) is 31.0 Å². The van der Waals surface area contributed by atoms with Crippen LogP contribution in [0.1, 0.15) is 5.69 Å². The number of alkyl halides is 6. The molecule has 0 aliphatic rings. The number of nitrogens with zero attached hydrogens (tertiary/aromatic N) is 3. The maximum atomic E-state index is 13.1. The molecule has 0 aliphatic carbocycles. The highest BCUT2D eigenvalue weighted by molar-refractivity contribution is 5.83. The number of rotatable bonds is 9. The lowest BCUT2D eigenvalue weighted by Gasteiger charge is -2.11. The molecule has 0 aliphatic heterocycles. The first-order valence-corrected chi connectivity index (χ1v) is 10.8. The molecule has 0 fully saturated rings. The van der Waals surface area contributed by atoms with Crippen LogP contribution in [0.4, 0.5) is 26.3 Å². The molecule has 0 atom stereocenters. The van der Waals surface area contributed by atoms with Crippen LogP contribution >= 0.6 is 0 Å². The standard InChI is InChI=1S/C24H19F6N3O4/c25-23(26,27)14-33-17(11-20(31-33)15-1-4-18(5-2-15)37-24(28,29)30)8-10-36-19-6-3-16-7-9-32(13-22(34)35)21(16)12-19/h1-7,9,11-12H,8,10,13-14H2,(H,34,35). The van der Waals surface area contributed by atoms with Gasteiger partial charge in [0.15, 0.2) is 0 Å². The minimum atomic E-state index is -4.87. The van der Waals surface area contributed by atoms with E-state index in [4.69, 9.17) is 9.84 Å². The van der Waals surface area contributed by atoms with Gasteiger partial charge >= 0.3 is 18.5 Å². The number of ether oxygens (including phenoxy) is 2. The Labute approximate surface area is 205 Å². The maximum Gasteiger partial charge on any atom is 0.573 e. The Morgan fingerprint density at radius 1 is 0.946 bits per heavy atom. The predicted octanol–water partition coefficient (Wildman–Crippen LogP) is 5.67. The van der Waals surface area contributed by atoms with Crippen molar-refractivity contribution in [1.82, 2.24) is 14.3 Å². The molecule has 4 rings (SSSR count). The van der Waals surface area contributed by atoms with E-state index < -0.39 is 30.8 Å². The number of hydrogen-bond acceptors (Lipinski definition) is 4. The molecule has 0 bridgehead atoms. The summed E-state index contributed by atoms with van der Waals surface area (Å²) >= 11 is 0. The van der Waals surface area contributed by atoms with Gasteiger partial charge in [-0.1, -0.05) is 0 Å². The van der Waals surface area contributed by atoms with Crippen LogP contribution in [0.25, 0.3) is 22.2 Å². The summed E-state index contributed by atoms with van der Waals surface area (Å²) in [5.41, 5.74) is 1.29. The minimum absolute atomic E-state index is 0.00744. The van der Waals surface area contributed by atoms with Crippen molar-refractivity contribution in [2.24, 2.45) is 0 Å². The normalized spacial score (nSPS) is 12.2. The number of benzene rings is 2. The zero-order valence-electron chi connectivity index (χ0n) is 18.9. The van der Waals surface area contributed by atoms with Crippen LogP contribution in [0.2, 0.25) is 0 Å². The molecule has 7 nitrogen and oxygen atoms in total. The minimum Gasteiger partial charge on any atom is -0.493 e. The van der Waals surface area contributed by atoms with Gasteiger partial charge in [-0.15, -0.1) is 13.2 Å². The highest BCUT2D eigenvalue weighted by Crippen LogP contribution is 2.28. The fraction of sp³-hybridized carbons (Fsp3) is 0.250. The van der Waals surface area contributed by atoms with Gasteiger partial charge in [0.25, 0.3) is 0 Å². The van der Waals surface area contributed by atoms with Gasteiger partial charge in [0, 0.05) is 29.9 Å². The zero-order chi connectivity index (χ0) is 26.8. The summed E-state index contributed by atoms with van der Waals surface area (Å²) < 4.78 is 88.3. The van der Waals surface area contributed by atoms with Crippen molar-refractivity contribution in [3.05, 3.63) is 66.5 Å². The predicted molar refractivity (Wildman–Crippen MR) is 119 cm³/mol. The molecule has 2 aromatic carbocycles. The summed E-state index contributed by atoms with van der Waals surface area (Å²) in [6.07, 6.45) is -7.75. The van der Waals surface area contributed by atoms with Crippen LogP contribution in [0.3, 0.4) is 0 Å². The quantitative estimate of drug-likeness (QED) is 0.284. The zero-order valence-corrected chi connectivity index (χ0v) is 18.9. The van der Waals surface area contributed by atoms with Gasteiger partial charge in [-0.05, 0) is 53.9 Å². The van der Waals surface area contributed by atoms with Crippen molar-refractivity contribution >= 4 is 16.9 Å². The Morgan fingerprint density at radius 3 is 2.30 bits per heavy atom. The third kappa shape index (κ3) is 6.96. The van der Waals surface area contributed by atoms with Crippen LogP contribution in [-0.2, 0) is 24.3 Å². The molecule has 13 heteroatoms. The SMILES string of the molecule is O=C(O)Cn1ccc2ccc(OCCc3cc(-c4ccc(OC(F)(F)F)cc4)nn3CC(F)(F)F)cc21. The van der Waals surface area contributed by atoms with Crippen molar-refractivity contribution < 1.29 is 45.7 Å². The Kier molecular flexibility index (Phi) is 7.05. The second-order valence-corrected chi connectivity index (χ2v) is 8.02. The first-order valence-electron chi connectivity index (χ1n) is 10.8. The van der Waals surface area contributed by atoms with E-state index in [1.54, 1.807) is 30.5 Å². The van der Waals surface area contributed by atoms with Crippen LogP contribution in [0.5, 0.6) is 11.5 Å². The van der Waals surface area contributed by atoms with E-state index in [2.05, 4.69) is 9.84 Å². The molecule has 196 valence electrons. The monoisotopic (exact) mass is 527 g/mol. The van der Waals surface area contributed by atoms with Gasteiger partial charge in [-0.25, -0.2) is 0 Å². The van der Waals surface area contributed by atoms with Crippen molar-refractivity contribution in [2.45, 2.75) is 32.0 Å². The van der Waals surface area contributed by atoms with Crippen LogP contribution in [0.15, 0.2) is 60.8 Å². The fourth-order valence-corrected chi connectivity index (χ4v) is 3.74. The summed E-state index contributed by atoms with van der Waals surface area (Å²) in [5.74, 6) is -1.08. The number of halogens is 6. The van der Waals surface area contributed by atoms with Gasteiger partial charge in [0.2, 0.25) is 0 Å². The first kappa shape index (κ1) is 25.9. The molecule has 2 aromatic heterocycles. The fourth-order valence-electron chi connectivity index (χ4n) is 3.74. The Balaban J connectivity index is 1.50. The average molecular weight is 527 g/mol. The van der Waals surface area contributed by atoms with Crippen molar-refractivity contribution in [2.75, 3.05) is 6.61 Å². The molecule has 2 heterocycles. The number of carboxylic acids is 1. The van der Waals surface area contributed by atoms with Crippen LogP contribution in [0, 0.1) is 0 Å². The van der Waals surface area contributed by atoms with Crippen LogP contribution in [-0.4, -0.2) is 44.6 Å². The molecule has 0 saturated carbocycles. The third-order valence-electron chi connectivity index (χ3n) is 5.25.